The molecule has 2 heterocycles. The van der Waals surface area contributed by atoms with E-state index >= 15 is 0 Å². The molecule has 16 heavy (non-hydrogen) atoms. The molecule has 0 radical (unpaired) electrons. The summed E-state index contributed by atoms with van der Waals surface area (Å²) in [5, 5.41) is 3.12. The van der Waals surface area contributed by atoms with E-state index in [4.69, 9.17) is 9.47 Å². The minimum atomic E-state index is -0.456. The Balaban J connectivity index is 1.77. The molecule has 88 valence electrons. The Morgan fingerprint density at radius 2 is 2.00 bits per heavy atom. The summed E-state index contributed by atoms with van der Waals surface area (Å²) in [4.78, 5) is 8.23. The Morgan fingerprint density at radius 1 is 1.38 bits per heavy atom. The summed E-state index contributed by atoms with van der Waals surface area (Å²) in [6.45, 7) is 4.01. The Bertz CT molecular complexity index is 338. The normalized spacial score (nSPS) is 18.6. The number of aromatic nitrogens is 2. The lowest BCUT2D eigenvalue weighted by atomic mass is 10.2. The zero-order chi connectivity index (χ0) is 11.4. The number of nitrogens with zero attached hydrogens (tertiary/aromatic N) is 2. The SMILES string of the molecule is CC1(CCNc2ncc(Br)cn2)OCCO1. The van der Waals surface area contributed by atoms with Gasteiger partial charge in [0, 0.05) is 25.4 Å². The Kier molecular flexibility index (Phi) is 3.73. The van der Waals surface area contributed by atoms with Crippen molar-refractivity contribution in [3.05, 3.63) is 16.9 Å². The number of halogens is 1. The monoisotopic (exact) mass is 287 g/mol. The number of rotatable bonds is 4. The highest BCUT2D eigenvalue weighted by Crippen LogP contribution is 2.22. The summed E-state index contributed by atoms with van der Waals surface area (Å²) < 4.78 is 11.8. The van der Waals surface area contributed by atoms with E-state index in [1.54, 1.807) is 12.4 Å². The third kappa shape index (κ3) is 3.13. The maximum Gasteiger partial charge on any atom is 0.222 e. The summed E-state index contributed by atoms with van der Waals surface area (Å²) in [5.74, 6) is 0.160. The standard InChI is InChI=1S/C10H14BrN3O2/c1-10(15-4-5-16-10)2-3-12-9-13-6-8(11)7-14-9/h6-7H,2-5H2,1H3,(H,12,13,14). The van der Waals surface area contributed by atoms with Crippen molar-refractivity contribution in [1.29, 1.82) is 0 Å². The quantitative estimate of drug-likeness (QED) is 0.915. The van der Waals surface area contributed by atoms with Gasteiger partial charge < -0.3 is 14.8 Å². The van der Waals surface area contributed by atoms with Crippen molar-refractivity contribution in [2.24, 2.45) is 0 Å². The molecule has 0 atom stereocenters. The third-order valence-electron chi connectivity index (χ3n) is 2.38. The lowest BCUT2D eigenvalue weighted by Gasteiger charge is -2.22. The summed E-state index contributed by atoms with van der Waals surface area (Å²) in [7, 11) is 0. The smallest absolute Gasteiger partial charge is 0.222 e. The number of ether oxygens (including phenoxy) is 2. The van der Waals surface area contributed by atoms with Gasteiger partial charge in [0.1, 0.15) is 0 Å². The van der Waals surface area contributed by atoms with E-state index in [9.17, 15) is 0 Å². The molecule has 0 amide bonds. The van der Waals surface area contributed by atoms with Gasteiger partial charge in [-0.2, -0.15) is 0 Å². The van der Waals surface area contributed by atoms with Gasteiger partial charge in [0.15, 0.2) is 5.79 Å². The largest absolute Gasteiger partial charge is 0.354 e. The second-order valence-corrected chi connectivity index (χ2v) is 4.65. The fourth-order valence-corrected chi connectivity index (χ4v) is 1.71. The molecule has 5 nitrogen and oxygen atoms in total. The van der Waals surface area contributed by atoms with Crippen molar-refractivity contribution < 1.29 is 9.47 Å². The molecule has 6 heteroatoms. The lowest BCUT2D eigenvalue weighted by Crippen LogP contribution is -2.28. The van der Waals surface area contributed by atoms with E-state index in [-0.39, 0.29) is 0 Å². The van der Waals surface area contributed by atoms with Crippen molar-refractivity contribution in [3.63, 3.8) is 0 Å². The van der Waals surface area contributed by atoms with Crippen molar-refractivity contribution in [1.82, 2.24) is 9.97 Å². The van der Waals surface area contributed by atoms with Gasteiger partial charge in [-0.1, -0.05) is 0 Å². The molecule has 0 bridgehead atoms. The van der Waals surface area contributed by atoms with Crippen molar-refractivity contribution >= 4 is 21.9 Å². The maximum absolute atomic E-state index is 5.49. The van der Waals surface area contributed by atoms with E-state index in [2.05, 4.69) is 31.2 Å². The van der Waals surface area contributed by atoms with Gasteiger partial charge in [0.25, 0.3) is 0 Å². The van der Waals surface area contributed by atoms with Gasteiger partial charge in [-0.3, -0.25) is 0 Å². The van der Waals surface area contributed by atoms with Gasteiger partial charge in [-0.25, -0.2) is 9.97 Å². The molecule has 0 unspecified atom stereocenters. The molecule has 0 aromatic carbocycles. The number of hydrogen-bond donors (Lipinski definition) is 1. The van der Waals surface area contributed by atoms with E-state index < -0.39 is 5.79 Å². The van der Waals surface area contributed by atoms with Gasteiger partial charge in [0.2, 0.25) is 5.95 Å². The number of anilines is 1. The van der Waals surface area contributed by atoms with Crippen LogP contribution in [0.2, 0.25) is 0 Å². The fourth-order valence-electron chi connectivity index (χ4n) is 1.51. The van der Waals surface area contributed by atoms with E-state index in [0.29, 0.717) is 19.2 Å². The predicted octanol–water partition coefficient (Wildman–Crippen LogP) is 1.80. The highest BCUT2D eigenvalue weighted by molar-refractivity contribution is 9.10. The van der Waals surface area contributed by atoms with Crippen LogP contribution < -0.4 is 5.32 Å². The lowest BCUT2D eigenvalue weighted by molar-refractivity contribution is -0.144. The molecular formula is C10H14BrN3O2. The second kappa shape index (κ2) is 5.07. The van der Waals surface area contributed by atoms with Crippen LogP contribution >= 0.6 is 15.9 Å². The number of hydrogen-bond acceptors (Lipinski definition) is 5. The molecule has 1 aliphatic heterocycles. The van der Waals surface area contributed by atoms with Gasteiger partial charge >= 0.3 is 0 Å². The number of nitrogens with one attached hydrogen (secondary N) is 1. The average molecular weight is 288 g/mol. The summed E-state index contributed by atoms with van der Waals surface area (Å²) in [6.07, 6.45) is 4.19. The summed E-state index contributed by atoms with van der Waals surface area (Å²) >= 11 is 3.28. The van der Waals surface area contributed by atoms with Crippen LogP contribution in [0, 0.1) is 0 Å². The molecule has 0 aliphatic carbocycles. The third-order valence-corrected chi connectivity index (χ3v) is 2.79. The van der Waals surface area contributed by atoms with E-state index in [1.807, 2.05) is 6.92 Å². The summed E-state index contributed by atoms with van der Waals surface area (Å²) in [6, 6.07) is 0. The molecule has 0 saturated carbocycles. The van der Waals surface area contributed by atoms with Crippen molar-refractivity contribution in [2.45, 2.75) is 19.1 Å². The van der Waals surface area contributed by atoms with Crippen LogP contribution in [-0.2, 0) is 9.47 Å². The Labute approximate surface area is 103 Å². The highest BCUT2D eigenvalue weighted by atomic mass is 79.9. The summed E-state index contributed by atoms with van der Waals surface area (Å²) in [5.41, 5.74) is 0. The molecule has 1 aromatic rings. The Hall–Kier alpha value is -0.720. The van der Waals surface area contributed by atoms with Crippen molar-refractivity contribution in [3.8, 4) is 0 Å². The first kappa shape index (κ1) is 11.8. The molecule has 1 N–H and O–H groups in total. The van der Waals surface area contributed by atoms with Crippen LogP contribution in [0.25, 0.3) is 0 Å². The molecule has 2 rings (SSSR count). The topological polar surface area (TPSA) is 56.3 Å². The van der Waals surface area contributed by atoms with Gasteiger partial charge in [0.05, 0.1) is 17.7 Å². The van der Waals surface area contributed by atoms with Crippen molar-refractivity contribution in [2.75, 3.05) is 25.1 Å². The molecule has 1 fully saturated rings. The first-order chi connectivity index (χ1) is 7.68. The van der Waals surface area contributed by atoms with Crippen LogP contribution in [0.3, 0.4) is 0 Å². The van der Waals surface area contributed by atoms with Gasteiger partial charge in [-0.05, 0) is 22.9 Å². The fraction of sp³-hybridized carbons (Fsp3) is 0.600. The molecular weight excluding hydrogens is 274 g/mol. The minimum absolute atomic E-state index is 0.456. The minimum Gasteiger partial charge on any atom is -0.354 e. The molecule has 1 aliphatic rings. The molecule has 1 saturated heterocycles. The second-order valence-electron chi connectivity index (χ2n) is 3.73. The Morgan fingerprint density at radius 3 is 2.62 bits per heavy atom. The molecule has 1 aromatic heterocycles. The van der Waals surface area contributed by atoms with Crippen LogP contribution in [0.5, 0.6) is 0 Å². The van der Waals surface area contributed by atoms with Crippen LogP contribution in [-0.4, -0.2) is 35.5 Å². The highest BCUT2D eigenvalue weighted by Gasteiger charge is 2.30. The van der Waals surface area contributed by atoms with E-state index in [1.165, 1.54) is 0 Å². The zero-order valence-electron chi connectivity index (χ0n) is 9.07. The predicted molar refractivity (Wildman–Crippen MR) is 63.1 cm³/mol. The molecule has 0 spiro atoms. The van der Waals surface area contributed by atoms with E-state index in [0.717, 1.165) is 17.4 Å². The zero-order valence-corrected chi connectivity index (χ0v) is 10.7. The maximum atomic E-state index is 5.49. The first-order valence-corrected chi connectivity index (χ1v) is 5.97. The average Bonchev–Trinajstić information content (AvgIpc) is 2.69. The van der Waals surface area contributed by atoms with Crippen LogP contribution in [0.4, 0.5) is 5.95 Å². The van der Waals surface area contributed by atoms with Crippen LogP contribution in [0.15, 0.2) is 16.9 Å². The van der Waals surface area contributed by atoms with Crippen LogP contribution in [0.1, 0.15) is 13.3 Å². The first-order valence-electron chi connectivity index (χ1n) is 5.17. The van der Waals surface area contributed by atoms with Gasteiger partial charge in [-0.15, -0.1) is 0 Å².